The molecule has 0 radical (unpaired) electrons. The highest BCUT2D eigenvalue weighted by molar-refractivity contribution is 7.26. The van der Waals surface area contributed by atoms with Gasteiger partial charge in [-0.05, 0) is 71.8 Å². The molecule has 0 atom stereocenters. The lowest BCUT2D eigenvalue weighted by Crippen LogP contribution is -1.92. The summed E-state index contributed by atoms with van der Waals surface area (Å²) in [5, 5.41) is 7.21. The van der Waals surface area contributed by atoms with Crippen LogP contribution >= 0.6 is 11.3 Å². The number of benzene rings is 6. The summed E-state index contributed by atoms with van der Waals surface area (Å²) in [4.78, 5) is 9.57. The van der Waals surface area contributed by atoms with E-state index in [1.165, 1.54) is 53.0 Å². The summed E-state index contributed by atoms with van der Waals surface area (Å²) in [7, 11) is 0. The number of nitrogens with zero attached hydrogens (tertiary/aromatic N) is 4. The Kier molecular flexibility index (Phi) is 6.09. The molecule has 11 aromatic rings. The van der Waals surface area contributed by atoms with Crippen LogP contribution in [0.4, 0.5) is 0 Å². The SMILES string of the molecule is c1ccc(-n2c3ccccc3c3cc(-c4cncc5c4sc4c(-c6ccc7c(c6)c6ccccc6n7-c6ccccc6)cncc45)ccc32)cc1. The van der Waals surface area contributed by atoms with Gasteiger partial charge in [-0.3, -0.25) is 9.97 Å². The van der Waals surface area contributed by atoms with Gasteiger partial charge in [0.1, 0.15) is 0 Å². The zero-order valence-corrected chi connectivity index (χ0v) is 28.2. The van der Waals surface area contributed by atoms with Crippen molar-refractivity contribution in [3.8, 4) is 33.6 Å². The van der Waals surface area contributed by atoms with E-state index in [0.717, 1.165) is 44.4 Å². The van der Waals surface area contributed by atoms with E-state index >= 15 is 0 Å². The van der Waals surface area contributed by atoms with Gasteiger partial charge in [0.2, 0.25) is 0 Å². The van der Waals surface area contributed by atoms with Crippen molar-refractivity contribution in [1.82, 2.24) is 19.1 Å². The maximum atomic E-state index is 4.79. The monoisotopic (exact) mass is 668 g/mol. The topological polar surface area (TPSA) is 35.6 Å². The number of aromatic nitrogens is 4. The van der Waals surface area contributed by atoms with E-state index in [9.17, 15) is 0 Å². The number of hydrogen-bond donors (Lipinski definition) is 0. The van der Waals surface area contributed by atoms with Crippen LogP contribution in [0.5, 0.6) is 0 Å². The van der Waals surface area contributed by atoms with Crippen molar-refractivity contribution in [2.24, 2.45) is 0 Å². The van der Waals surface area contributed by atoms with E-state index < -0.39 is 0 Å². The zero-order chi connectivity index (χ0) is 33.5. The second-order valence-electron chi connectivity index (χ2n) is 13.1. The van der Waals surface area contributed by atoms with Gasteiger partial charge in [0.05, 0.1) is 22.1 Å². The molecule has 4 nitrogen and oxygen atoms in total. The number of thiophene rings is 1. The Morgan fingerprint density at radius 3 is 1.24 bits per heavy atom. The van der Waals surface area contributed by atoms with Crippen LogP contribution in [0, 0.1) is 0 Å². The number of fused-ring (bicyclic) bond motifs is 9. The second kappa shape index (κ2) is 11.0. The lowest BCUT2D eigenvalue weighted by molar-refractivity contribution is 1.18. The summed E-state index contributed by atoms with van der Waals surface area (Å²) < 4.78 is 7.17. The summed E-state index contributed by atoms with van der Waals surface area (Å²) in [6, 6.07) is 52.3. The molecule has 6 aromatic carbocycles. The number of rotatable bonds is 4. The Morgan fingerprint density at radius 2 is 0.765 bits per heavy atom. The number of hydrogen-bond acceptors (Lipinski definition) is 3. The summed E-state index contributed by atoms with van der Waals surface area (Å²) in [5.74, 6) is 0. The predicted octanol–water partition coefficient (Wildman–Crippen LogP) is 12.4. The summed E-state index contributed by atoms with van der Waals surface area (Å²) in [5.41, 5.74) is 11.7. The molecule has 5 heteroatoms. The van der Waals surface area contributed by atoms with E-state index in [0.29, 0.717) is 0 Å². The van der Waals surface area contributed by atoms with Crippen molar-refractivity contribution in [2.45, 2.75) is 0 Å². The van der Waals surface area contributed by atoms with Gasteiger partial charge in [-0.2, -0.15) is 0 Å². The van der Waals surface area contributed by atoms with Gasteiger partial charge in [0, 0.05) is 89.0 Å². The van der Waals surface area contributed by atoms with Gasteiger partial charge in [-0.1, -0.05) is 84.9 Å². The quantitative estimate of drug-likeness (QED) is 0.187. The molecular formula is C46H28N4S. The molecule has 51 heavy (non-hydrogen) atoms. The minimum atomic E-state index is 1.13. The molecule has 0 spiro atoms. The predicted molar refractivity (Wildman–Crippen MR) is 214 cm³/mol. The van der Waals surface area contributed by atoms with Gasteiger partial charge in [0.15, 0.2) is 0 Å². The third-order valence-electron chi connectivity index (χ3n) is 10.3. The molecule has 0 amide bonds. The van der Waals surface area contributed by atoms with Crippen molar-refractivity contribution in [1.29, 1.82) is 0 Å². The zero-order valence-electron chi connectivity index (χ0n) is 27.4. The van der Waals surface area contributed by atoms with E-state index in [1.54, 1.807) is 0 Å². The fourth-order valence-corrected chi connectivity index (χ4v) is 9.32. The highest BCUT2D eigenvalue weighted by atomic mass is 32.1. The summed E-state index contributed by atoms with van der Waals surface area (Å²) >= 11 is 1.84. The van der Waals surface area contributed by atoms with Crippen LogP contribution in [-0.2, 0) is 0 Å². The average molecular weight is 669 g/mol. The van der Waals surface area contributed by atoms with E-state index in [4.69, 9.17) is 9.97 Å². The van der Waals surface area contributed by atoms with Crippen molar-refractivity contribution in [3.63, 3.8) is 0 Å². The minimum absolute atomic E-state index is 1.13. The highest BCUT2D eigenvalue weighted by Crippen LogP contribution is 2.45. The standard InChI is InChI=1S/C46H28N4S/c1-3-11-31(12-4-1)49-41-17-9-7-15-33(41)35-23-29(19-21-43(35)49)37-25-47-27-39-40-28-48-26-38(46(40)51-45(37)39)30-20-22-44-36(24-30)34-16-8-10-18-42(34)50(44)32-13-5-2-6-14-32/h1-28H. The van der Waals surface area contributed by atoms with E-state index in [1.807, 2.05) is 36.1 Å². The molecule has 5 aromatic heterocycles. The normalized spacial score (nSPS) is 11.9. The molecule has 0 saturated carbocycles. The largest absolute Gasteiger partial charge is 0.309 e. The van der Waals surface area contributed by atoms with Crippen molar-refractivity contribution in [2.75, 3.05) is 0 Å². The van der Waals surface area contributed by atoms with E-state index in [2.05, 4.69) is 155 Å². The summed E-state index contributed by atoms with van der Waals surface area (Å²) in [6.07, 6.45) is 8.04. The fourth-order valence-electron chi connectivity index (χ4n) is 8.01. The van der Waals surface area contributed by atoms with Crippen LogP contribution in [0.15, 0.2) is 170 Å². The van der Waals surface area contributed by atoms with Crippen molar-refractivity contribution < 1.29 is 0 Å². The molecule has 0 aliphatic heterocycles. The van der Waals surface area contributed by atoms with Gasteiger partial charge in [-0.15, -0.1) is 11.3 Å². The number of para-hydroxylation sites is 4. The first kappa shape index (κ1) is 28.3. The van der Waals surface area contributed by atoms with Gasteiger partial charge in [-0.25, -0.2) is 0 Å². The van der Waals surface area contributed by atoms with Gasteiger partial charge < -0.3 is 9.13 Å². The van der Waals surface area contributed by atoms with Crippen LogP contribution in [0.3, 0.4) is 0 Å². The molecule has 5 heterocycles. The van der Waals surface area contributed by atoms with Crippen molar-refractivity contribution >= 4 is 75.1 Å². The molecule has 0 bridgehead atoms. The van der Waals surface area contributed by atoms with Crippen LogP contribution in [-0.4, -0.2) is 19.1 Å². The Hall–Kier alpha value is -6.56. The van der Waals surface area contributed by atoms with E-state index in [-0.39, 0.29) is 0 Å². The molecule has 0 saturated heterocycles. The van der Waals surface area contributed by atoms with Crippen molar-refractivity contribution in [3.05, 3.63) is 170 Å². The third-order valence-corrected chi connectivity index (χ3v) is 11.6. The van der Waals surface area contributed by atoms with Gasteiger partial charge >= 0.3 is 0 Å². The molecule has 0 aliphatic carbocycles. The molecule has 0 N–H and O–H groups in total. The maximum absolute atomic E-state index is 4.79. The van der Waals surface area contributed by atoms with Crippen LogP contribution in [0.25, 0.3) is 97.4 Å². The molecule has 0 unspecified atom stereocenters. The molecule has 11 rings (SSSR count). The second-order valence-corrected chi connectivity index (χ2v) is 14.1. The number of pyridine rings is 2. The average Bonchev–Trinajstić information content (AvgIpc) is 3.86. The fraction of sp³-hybridized carbons (Fsp3) is 0. The molecule has 0 fully saturated rings. The lowest BCUT2D eigenvalue weighted by Gasteiger charge is -2.08. The molecule has 238 valence electrons. The minimum Gasteiger partial charge on any atom is -0.309 e. The Bertz CT molecular complexity index is 2920. The third kappa shape index (κ3) is 4.19. The first-order valence-electron chi connectivity index (χ1n) is 17.1. The lowest BCUT2D eigenvalue weighted by atomic mass is 10.0. The van der Waals surface area contributed by atoms with Crippen LogP contribution in [0.2, 0.25) is 0 Å². The smallest absolute Gasteiger partial charge is 0.0541 e. The Morgan fingerprint density at radius 1 is 0.353 bits per heavy atom. The Balaban J connectivity index is 1.10. The molecule has 0 aliphatic rings. The Labute approximate surface area is 297 Å². The van der Waals surface area contributed by atoms with Crippen LogP contribution in [0.1, 0.15) is 0 Å². The van der Waals surface area contributed by atoms with Crippen LogP contribution < -0.4 is 0 Å². The highest BCUT2D eigenvalue weighted by Gasteiger charge is 2.19. The first-order chi connectivity index (χ1) is 25.3. The summed E-state index contributed by atoms with van der Waals surface area (Å²) in [6.45, 7) is 0. The first-order valence-corrected chi connectivity index (χ1v) is 18.0. The molecular weight excluding hydrogens is 641 g/mol. The maximum Gasteiger partial charge on any atom is 0.0541 e. The van der Waals surface area contributed by atoms with Gasteiger partial charge in [0.25, 0.3) is 0 Å².